The monoisotopic (exact) mass is 135 g/mol. The van der Waals surface area contributed by atoms with Gasteiger partial charge in [-0.05, 0) is 12.8 Å². The van der Waals surface area contributed by atoms with Crippen LogP contribution in [0.3, 0.4) is 0 Å². The van der Waals surface area contributed by atoms with Crippen LogP contribution in [0.2, 0.25) is 0 Å². The Balaban J connectivity index is 0.000000640. The van der Waals surface area contributed by atoms with Gasteiger partial charge in [0, 0.05) is 0 Å². The second-order valence-electron chi connectivity index (χ2n) is 3.14. The SMILES string of the molecule is C[N-]CC1(C)CCC1.[Na+]. The average Bonchev–Trinajstić information content (AvgIpc) is 1.64. The summed E-state index contributed by atoms with van der Waals surface area (Å²) in [5.74, 6) is 0. The van der Waals surface area contributed by atoms with Crippen molar-refractivity contribution >= 4 is 0 Å². The van der Waals surface area contributed by atoms with E-state index in [1.165, 1.54) is 19.3 Å². The molecular weight excluding hydrogens is 121 g/mol. The molecule has 1 rings (SSSR count). The van der Waals surface area contributed by atoms with Gasteiger partial charge in [0.05, 0.1) is 0 Å². The van der Waals surface area contributed by atoms with Crippen molar-refractivity contribution in [2.45, 2.75) is 26.2 Å². The van der Waals surface area contributed by atoms with E-state index in [1.54, 1.807) is 0 Å². The van der Waals surface area contributed by atoms with Gasteiger partial charge in [-0.2, -0.15) is 7.05 Å². The molecule has 0 unspecified atom stereocenters. The standard InChI is InChI=1S/C7H14N.Na/c1-7(6-8-2)4-3-5-7;/h3-6H2,1-2H3;/q-1;+1. The van der Waals surface area contributed by atoms with Gasteiger partial charge in [0.15, 0.2) is 0 Å². The minimum atomic E-state index is 0. The van der Waals surface area contributed by atoms with E-state index in [0.29, 0.717) is 5.41 Å². The summed E-state index contributed by atoms with van der Waals surface area (Å²) in [7, 11) is 1.91. The van der Waals surface area contributed by atoms with E-state index >= 15 is 0 Å². The third-order valence-corrected chi connectivity index (χ3v) is 2.10. The normalized spacial score (nSPS) is 22.0. The summed E-state index contributed by atoms with van der Waals surface area (Å²) in [5, 5.41) is 4.13. The molecule has 0 saturated heterocycles. The summed E-state index contributed by atoms with van der Waals surface area (Å²) in [6.45, 7) is 3.40. The second kappa shape index (κ2) is 3.97. The molecule has 1 aliphatic carbocycles. The third-order valence-electron chi connectivity index (χ3n) is 2.10. The Kier molecular flexibility index (Phi) is 4.39. The van der Waals surface area contributed by atoms with Gasteiger partial charge in [0.2, 0.25) is 0 Å². The van der Waals surface area contributed by atoms with Crippen LogP contribution in [-0.4, -0.2) is 13.6 Å². The van der Waals surface area contributed by atoms with E-state index in [-0.39, 0.29) is 29.6 Å². The second-order valence-corrected chi connectivity index (χ2v) is 3.14. The molecule has 0 amide bonds. The molecule has 0 radical (unpaired) electrons. The molecule has 48 valence electrons. The molecule has 1 fully saturated rings. The maximum atomic E-state index is 4.13. The Morgan fingerprint density at radius 3 is 2.11 bits per heavy atom. The Hall–Kier alpha value is 0.960. The van der Waals surface area contributed by atoms with Crippen LogP contribution in [0.5, 0.6) is 0 Å². The minimum absolute atomic E-state index is 0. The van der Waals surface area contributed by atoms with E-state index in [2.05, 4.69) is 12.2 Å². The zero-order chi connectivity index (χ0) is 6.04. The first-order chi connectivity index (χ1) is 3.77. The molecule has 0 aromatic carbocycles. The summed E-state index contributed by atoms with van der Waals surface area (Å²) >= 11 is 0. The van der Waals surface area contributed by atoms with E-state index in [4.69, 9.17) is 0 Å². The topological polar surface area (TPSA) is 14.1 Å². The van der Waals surface area contributed by atoms with Crippen LogP contribution in [-0.2, 0) is 0 Å². The van der Waals surface area contributed by atoms with Crippen molar-refractivity contribution in [2.24, 2.45) is 5.41 Å². The Morgan fingerprint density at radius 1 is 1.44 bits per heavy atom. The van der Waals surface area contributed by atoms with Gasteiger partial charge in [-0.1, -0.05) is 18.8 Å². The van der Waals surface area contributed by atoms with Gasteiger partial charge >= 0.3 is 29.6 Å². The first kappa shape index (κ1) is 9.96. The number of rotatable bonds is 2. The maximum Gasteiger partial charge on any atom is 1.00 e. The van der Waals surface area contributed by atoms with Crippen molar-refractivity contribution in [3.63, 3.8) is 0 Å². The Bertz CT molecular complexity index is 79.0. The molecule has 0 atom stereocenters. The molecule has 2 heteroatoms. The van der Waals surface area contributed by atoms with Crippen LogP contribution in [0, 0.1) is 5.41 Å². The summed E-state index contributed by atoms with van der Waals surface area (Å²) in [5.41, 5.74) is 0.606. The van der Waals surface area contributed by atoms with Crippen LogP contribution >= 0.6 is 0 Å². The summed E-state index contributed by atoms with van der Waals surface area (Å²) < 4.78 is 0. The molecule has 1 saturated carbocycles. The van der Waals surface area contributed by atoms with Crippen molar-refractivity contribution in [2.75, 3.05) is 13.6 Å². The predicted octanol–water partition coefficient (Wildman–Crippen LogP) is -0.816. The van der Waals surface area contributed by atoms with Crippen LogP contribution < -0.4 is 29.6 Å². The van der Waals surface area contributed by atoms with Crippen LogP contribution in [0.25, 0.3) is 5.32 Å². The summed E-state index contributed by atoms with van der Waals surface area (Å²) in [6.07, 6.45) is 4.21. The van der Waals surface area contributed by atoms with Gasteiger partial charge in [-0.3, -0.25) is 0 Å². The van der Waals surface area contributed by atoms with Gasteiger partial charge in [-0.25, -0.2) is 0 Å². The fourth-order valence-electron chi connectivity index (χ4n) is 1.32. The maximum absolute atomic E-state index is 4.13. The molecule has 0 N–H and O–H groups in total. The molecule has 0 aliphatic heterocycles. The van der Waals surface area contributed by atoms with Crippen LogP contribution in [0.4, 0.5) is 0 Å². The van der Waals surface area contributed by atoms with E-state index in [1.807, 2.05) is 7.05 Å². The molecule has 0 aromatic rings. The van der Waals surface area contributed by atoms with Crippen molar-refractivity contribution in [3.05, 3.63) is 5.32 Å². The van der Waals surface area contributed by atoms with Crippen molar-refractivity contribution < 1.29 is 29.6 Å². The zero-order valence-corrected chi connectivity index (χ0v) is 8.78. The number of hydrogen-bond acceptors (Lipinski definition) is 0. The van der Waals surface area contributed by atoms with Crippen LogP contribution in [0.15, 0.2) is 0 Å². The van der Waals surface area contributed by atoms with Gasteiger partial charge in [-0.15, -0.1) is 6.54 Å². The van der Waals surface area contributed by atoms with Gasteiger partial charge in [0.1, 0.15) is 0 Å². The smallest absolute Gasteiger partial charge is 0.665 e. The van der Waals surface area contributed by atoms with E-state index in [9.17, 15) is 0 Å². The largest absolute Gasteiger partial charge is 1.00 e. The summed E-state index contributed by atoms with van der Waals surface area (Å²) in [6, 6.07) is 0. The summed E-state index contributed by atoms with van der Waals surface area (Å²) in [4.78, 5) is 0. The van der Waals surface area contributed by atoms with Crippen LogP contribution in [0.1, 0.15) is 26.2 Å². The Labute approximate surface area is 79.9 Å². The third kappa shape index (κ3) is 2.58. The predicted molar refractivity (Wildman–Crippen MR) is 36.1 cm³/mol. The minimum Gasteiger partial charge on any atom is -0.665 e. The first-order valence-corrected chi connectivity index (χ1v) is 3.32. The molecule has 9 heavy (non-hydrogen) atoms. The quantitative estimate of drug-likeness (QED) is 0.439. The van der Waals surface area contributed by atoms with Crippen molar-refractivity contribution in [1.82, 2.24) is 0 Å². The molecule has 0 aromatic heterocycles. The fraction of sp³-hybridized carbons (Fsp3) is 1.00. The first-order valence-electron chi connectivity index (χ1n) is 3.32. The number of hydrogen-bond donors (Lipinski definition) is 0. The average molecular weight is 135 g/mol. The van der Waals surface area contributed by atoms with Gasteiger partial charge in [0.25, 0.3) is 0 Å². The van der Waals surface area contributed by atoms with E-state index in [0.717, 1.165) is 6.54 Å². The van der Waals surface area contributed by atoms with Gasteiger partial charge < -0.3 is 5.32 Å². The number of nitrogens with zero attached hydrogens (tertiary/aromatic N) is 1. The molecule has 0 spiro atoms. The Morgan fingerprint density at radius 2 is 2.00 bits per heavy atom. The van der Waals surface area contributed by atoms with Crippen molar-refractivity contribution in [1.29, 1.82) is 0 Å². The van der Waals surface area contributed by atoms with E-state index < -0.39 is 0 Å². The molecular formula is C7H14NNa. The molecule has 1 nitrogen and oxygen atoms in total. The zero-order valence-electron chi connectivity index (χ0n) is 6.78. The molecule has 0 bridgehead atoms. The fourth-order valence-corrected chi connectivity index (χ4v) is 1.32. The molecule has 0 heterocycles. The molecule has 1 aliphatic rings. The van der Waals surface area contributed by atoms with Crippen molar-refractivity contribution in [3.8, 4) is 0 Å².